The Bertz CT molecular complexity index is 685. The van der Waals surface area contributed by atoms with E-state index in [0.29, 0.717) is 12.0 Å². The van der Waals surface area contributed by atoms with Crippen molar-refractivity contribution in [1.29, 1.82) is 0 Å². The van der Waals surface area contributed by atoms with Crippen LogP contribution in [0.5, 0.6) is 0 Å². The second-order valence-electron chi connectivity index (χ2n) is 8.43. The molecule has 2 aliphatic heterocycles. The highest BCUT2D eigenvalue weighted by Gasteiger charge is 2.36. The molecule has 1 aromatic carbocycles. The van der Waals surface area contributed by atoms with Crippen LogP contribution in [0.1, 0.15) is 62.2 Å². The summed E-state index contributed by atoms with van der Waals surface area (Å²) in [4.78, 5) is 28.8. The fourth-order valence-electron chi connectivity index (χ4n) is 5.26. The number of benzene rings is 1. The lowest BCUT2D eigenvalue weighted by molar-refractivity contribution is -0.119. The summed E-state index contributed by atoms with van der Waals surface area (Å²) in [7, 11) is 0. The number of hydrogen-bond acceptors (Lipinski definition) is 3. The maximum absolute atomic E-state index is 13.1. The van der Waals surface area contributed by atoms with Crippen LogP contribution < -0.4 is 10.2 Å². The Balaban J connectivity index is 1.41. The van der Waals surface area contributed by atoms with Crippen molar-refractivity contribution in [3.05, 3.63) is 29.8 Å². The third kappa shape index (κ3) is 3.97. The molecule has 0 radical (unpaired) electrons. The molecule has 1 saturated carbocycles. The van der Waals surface area contributed by atoms with Gasteiger partial charge in [-0.15, -0.1) is 0 Å². The van der Waals surface area contributed by atoms with E-state index in [1.165, 1.54) is 32.1 Å². The number of hydrogen-bond donors (Lipinski definition) is 1. The fourth-order valence-corrected chi connectivity index (χ4v) is 5.26. The van der Waals surface area contributed by atoms with Crippen molar-refractivity contribution in [3.8, 4) is 0 Å². The number of carbonyl (C=O) groups excluding carboxylic acids is 2. The third-order valence-corrected chi connectivity index (χ3v) is 6.58. The van der Waals surface area contributed by atoms with Gasteiger partial charge in [0.05, 0.1) is 0 Å². The molecule has 4 rings (SSSR count). The molecule has 5 nitrogen and oxygen atoms in total. The Morgan fingerprint density at radius 3 is 2.48 bits per heavy atom. The number of fused-ring (bicyclic) bond motifs is 1. The second-order valence-corrected chi connectivity index (χ2v) is 8.43. The molecule has 3 fully saturated rings. The van der Waals surface area contributed by atoms with Gasteiger partial charge in [-0.05, 0) is 62.3 Å². The lowest BCUT2D eigenvalue weighted by atomic mass is 9.78. The summed E-state index contributed by atoms with van der Waals surface area (Å²) in [6, 6.07) is 8.76. The molecule has 0 spiro atoms. The van der Waals surface area contributed by atoms with Gasteiger partial charge in [0.2, 0.25) is 5.91 Å². The van der Waals surface area contributed by atoms with Crippen molar-refractivity contribution in [2.24, 2.45) is 5.92 Å². The number of carbonyl (C=O) groups is 2. The highest BCUT2D eigenvalue weighted by molar-refractivity contribution is 5.95. The molecule has 2 heterocycles. The van der Waals surface area contributed by atoms with Crippen LogP contribution in [0.2, 0.25) is 0 Å². The number of piperidine rings is 1. The molecule has 1 aromatic rings. The predicted octanol–water partition coefficient (Wildman–Crippen LogP) is 3.20. The first-order chi connectivity index (χ1) is 13.1. The minimum Gasteiger partial charge on any atom is -0.369 e. The van der Waals surface area contributed by atoms with E-state index in [2.05, 4.69) is 27.2 Å². The van der Waals surface area contributed by atoms with Gasteiger partial charge < -0.3 is 15.1 Å². The number of likely N-dealkylation sites (tertiary alicyclic amines) is 1. The molecule has 27 heavy (non-hydrogen) atoms. The predicted molar refractivity (Wildman–Crippen MR) is 107 cm³/mol. The van der Waals surface area contributed by atoms with Crippen LogP contribution in [0.3, 0.4) is 0 Å². The number of amides is 2. The zero-order chi connectivity index (χ0) is 18.8. The molecule has 3 unspecified atom stereocenters. The van der Waals surface area contributed by atoms with Gasteiger partial charge in [0, 0.05) is 49.9 Å². The van der Waals surface area contributed by atoms with E-state index in [1.807, 2.05) is 12.1 Å². The van der Waals surface area contributed by atoms with E-state index < -0.39 is 0 Å². The van der Waals surface area contributed by atoms with Crippen LogP contribution >= 0.6 is 0 Å². The summed E-state index contributed by atoms with van der Waals surface area (Å²) < 4.78 is 0. The Hall–Kier alpha value is -2.04. The molecule has 146 valence electrons. The number of rotatable bonds is 3. The summed E-state index contributed by atoms with van der Waals surface area (Å²) in [5.41, 5.74) is 1.94. The van der Waals surface area contributed by atoms with Crippen LogP contribution in [0.4, 0.5) is 5.69 Å². The van der Waals surface area contributed by atoms with Gasteiger partial charge in [0.25, 0.3) is 5.91 Å². The second kappa shape index (κ2) is 7.91. The summed E-state index contributed by atoms with van der Waals surface area (Å²) in [6.07, 6.45) is 8.45. The maximum Gasteiger partial charge on any atom is 0.254 e. The van der Waals surface area contributed by atoms with Crippen LogP contribution in [-0.4, -0.2) is 48.4 Å². The molecule has 1 aliphatic carbocycles. The summed E-state index contributed by atoms with van der Waals surface area (Å²) in [5.74, 6) is 0.951. The molecule has 2 saturated heterocycles. The van der Waals surface area contributed by atoms with Crippen LogP contribution in [-0.2, 0) is 4.79 Å². The number of nitrogens with zero attached hydrogens (tertiary/aromatic N) is 2. The van der Waals surface area contributed by atoms with Crippen LogP contribution in [0, 0.1) is 5.92 Å². The highest BCUT2D eigenvalue weighted by atomic mass is 16.2. The van der Waals surface area contributed by atoms with E-state index in [4.69, 9.17) is 0 Å². The van der Waals surface area contributed by atoms with Crippen molar-refractivity contribution in [1.82, 2.24) is 10.2 Å². The van der Waals surface area contributed by atoms with E-state index in [-0.39, 0.29) is 17.9 Å². The quantitative estimate of drug-likeness (QED) is 0.890. The molecular formula is C22H31N3O2. The molecule has 0 bridgehead atoms. The van der Waals surface area contributed by atoms with E-state index in [9.17, 15) is 9.59 Å². The lowest BCUT2D eigenvalue weighted by Crippen LogP contribution is -2.49. The van der Waals surface area contributed by atoms with Crippen LogP contribution in [0.25, 0.3) is 0 Å². The first-order valence-electron chi connectivity index (χ1n) is 10.5. The van der Waals surface area contributed by atoms with Gasteiger partial charge in [0.15, 0.2) is 0 Å². The van der Waals surface area contributed by atoms with Gasteiger partial charge in [-0.1, -0.05) is 12.8 Å². The topological polar surface area (TPSA) is 52.7 Å². The average Bonchev–Trinajstić information content (AvgIpc) is 3.15. The first-order valence-corrected chi connectivity index (χ1v) is 10.5. The van der Waals surface area contributed by atoms with Gasteiger partial charge in [-0.3, -0.25) is 9.59 Å². The van der Waals surface area contributed by atoms with Gasteiger partial charge in [-0.2, -0.15) is 0 Å². The molecule has 2 amide bonds. The van der Waals surface area contributed by atoms with Crippen molar-refractivity contribution in [2.75, 3.05) is 24.5 Å². The fraction of sp³-hybridized carbons (Fsp3) is 0.636. The highest BCUT2D eigenvalue weighted by Crippen LogP contribution is 2.36. The molecule has 1 N–H and O–H groups in total. The summed E-state index contributed by atoms with van der Waals surface area (Å²) in [6.45, 7) is 4.25. The van der Waals surface area contributed by atoms with Crippen molar-refractivity contribution in [2.45, 2.75) is 64.0 Å². The standard InChI is InChI=1S/C22H31N3O2/c1-16(26)23-19-12-14-24(15-19)20-10-8-18(9-11-20)22(27)25-13-4-6-17-5-2-3-7-21(17)25/h8-11,17,19,21H,2-7,12-15H2,1H3,(H,23,26). The van der Waals surface area contributed by atoms with Gasteiger partial charge >= 0.3 is 0 Å². The van der Waals surface area contributed by atoms with Gasteiger partial charge in [0.1, 0.15) is 0 Å². The Morgan fingerprint density at radius 2 is 1.70 bits per heavy atom. The van der Waals surface area contributed by atoms with E-state index in [0.717, 1.165) is 43.7 Å². The van der Waals surface area contributed by atoms with E-state index in [1.54, 1.807) is 6.92 Å². The summed E-state index contributed by atoms with van der Waals surface area (Å²) >= 11 is 0. The van der Waals surface area contributed by atoms with Crippen molar-refractivity contribution in [3.63, 3.8) is 0 Å². The largest absolute Gasteiger partial charge is 0.369 e. The molecule has 5 heteroatoms. The average molecular weight is 370 g/mol. The maximum atomic E-state index is 13.1. The minimum absolute atomic E-state index is 0.0327. The zero-order valence-corrected chi connectivity index (χ0v) is 16.3. The van der Waals surface area contributed by atoms with Crippen molar-refractivity contribution >= 4 is 17.5 Å². The van der Waals surface area contributed by atoms with Crippen LogP contribution in [0.15, 0.2) is 24.3 Å². The third-order valence-electron chi connectivity index (χ3n) is 6.58. The van der Waals surface area contributed by atoms with Gasteiger partial charge in [-0.25, -0.2) is 0 Å². The normalized spacial score (nSPS) is 28.0. The Kier molecular flexibility index (Phi) is 5.37. The van der Waals surface area contributed by atoms with E-state index >= 15 is 0 Å². The van der Waals surface area contributed by atoms with Crippen molar-refractivity contribution < 1.29 is 9.59 Å². The SMILES string of the molecule is CC(=O)NC1CCN(c2ccc(C(=O)N3CCCC4CCCCC43)cc2)C1. The lowest BCUT2D eigenvalue weighted by Gasteiger charge is -2.44. The molecular weight excluding hydrogens is 338 g/mol. The first kappa shape index (κ1) is 18.3. The zero-order valence-electron chi connectivity index (χ0n) is 16.3. The Labute approximate surface area is 162 Å². The smallest absolute Gasteiger partial charge is 0.254 e. The number of nitrogens with one attached hydrogen (secondary N) is 1. The molecule has 0 aromatic heterocycles. The minimum atomic E-state index is 0.0327. The molecule has 3 atom stereocenters. The number of anilines is 1. The Morgan fingerprint density at radius 1 is 0.963 bits per heavy atom. The summed E-state index contributed by atoms with van der Waals surface area (Å²) in [5, 5.41) is 3.00. The monoisotopic (exact) mass is 369 g/mol. The molecule has 3 aliphatic rings.